The van der Waals surface area contributed by atoms with Crippen LogP contribution >= 0.6 is 0 Å². The molecular formula is C18H35N3. The summed E-state index contributed by atoms with van der Waals surface area (Å²) in [5.74, 6) is 1.50. The number of hydrogen-bond acceptors (Lipinski definition) is 3. The van der Waals surface area contributed by atoms with Gasteiger partial charge in [0.25, 0.3) is 0 Å². The van der Waals surface area contributed by atoms with E-state index in [2.05, 4.69) is 42.8 Å². The highest BCUT2D eigenvalue weighted by Crippen LogP contribution is 2.32. The van der Waals surface area contributed by atoms with E-state index in [0.717, 1.165) is 30.0 Å². The molecule has 0 spiro atoms. The first-order valence-corrected chi connectivity index (χ1v) is 9.29. The van der Waals surface area contributed by atoms with E-state index < -0.39 is 0 Å². The highest BCUT2D eigenvalue weighted by atomic mass is 15.3. The first kappa shape index (κ1) is 15.8. The molecule has 4 atom stereocenters. The molecular weight excluding hydrogens is 258 g/mol. The highest BCUT2D eigenvalue weighted by molar-refractivity contribution is 4.97. The molecule has 3 saturated heterocycles. The van der Waals surface area contributed by atoms with Crippen molar-refractivity contribution in [2.24, 2.45) is 11.8 Å². The SMILES string of the molecule is CC(C)C1CN(C2CCN3CCCC3C2)C(C(C)C)CN1. The molecule has 0 aliphatic carbocycles. The van der Waals surface area contributed by atoms with Crippen molar-refractivity contribution >= 4 is 0 Å². The lowest BCUT2D eigenvalue weighted by molar-refractivity contribution is 0.00788. The maximum Gasteiger partial charge on any atom is 0.0247 e. The lowest BCUT2D eigenvalue weighted by atomic mass is 9.88. The fourth-order valence-corrected chi connectivity index (χ4v) is 4.81. The third-order valence-electron chi connectivity index (χ3n) is 6.26. The van der Waals surface area contributed by atoms with Gasteiger partial charge in [0.1, 0.15) is 0 Å². The number of hydrogen-bond donors (Lipinski definition) is 1. The summed E-state index contributed by atoms with van der Waals surface area (Å²) in [6.07, 6.45) is 5.70. The lowest BCUT2D eigenvalue weighted by Gasteiger charge is -2.50. The number of rotatable bonds is 3. The van der Waals surface area contributed by atoms with Gasteiger partial charge in [-0.3, -0.25) is 4.90 Å². The molecule has 0 radical (unpaired) electrons. The smallest absolute Gasteiger partial charge is 0.0247 e. The normalized spacial score (nSPS) is 39.1. The van der Waals surface area contributed by atoms with Crippen LogP contribution in [0.2, 0.25) is 0 Å². The van der Waals surface area contributed by atoms with E-state index in [9.17, 15) is 0 Å². The van der Waals surface area contributed by atoms with E-state index in [1.165, 1.54) is 51.9 Å². The van der Waals surface area contributed by atoms with Crippen LogP contribution in [0.25, 0.3) is 0 Å². The fourth-order valence-electron chi connectivity index (χ4n) is 4.81. The Bertz CT molecular complexity index is 341. The minimum absolute atomic E-state index is 0.682. The number of fused-ring (bicyclic) bond motifs is 1. The zero-order valence-electron chi connectivity index (χ0n) is 14.5. The van der Waals surface area contributed by atoms with Gasteiger partial charge in [-0.1, -0.05) is 27.7 Å². The van der Waals surface area contributed by atoms with Crippen LogP contribution in [0.15, 0.2) is 0 Å². The molecule has 0 aromatic rings. The highest BCUT2D eigenvalue weighted by Gasteiger charge is 2.39. The maximum atomic E-state index is 3.81. The topological polar surface area (TPSA) is 18.5 Å². The Labute approximate surface area is 131 Å². The Morgan fingerprint density at radius 3 is 2.48 bits per heavy atom. The summed E-state index contributed by atoms with van der Waals surface area (Å²) in [4.78, 5) is 5.66. The number of nitrogens with zero attached hydrogens (tertiary/aromatic N) is 2. The number of piperidine rings is 1. The van der Waals surface area contributed by atoms with Crippen LogP contribution in [-0.4, -0.2) is 60.1 Å². The molecule has 4 unspecified atom stereocenters. The first-order chi connectivity index (χ1) is 10.1. The van der Waals surface area contributed by atoms with Crippen molar-refractivity contribution in [3.63, 3.8) is 0 Å². The maximum absolute atomic E-state index is 3.81. The molecule has 3 aliphatic rings. The predicted molar refractivity (Wildman–Crippen MR) is 89.6 cm³/mol. The van der Waals surface area contributed by atoms with E-state index >= 15 is 0 Å². The van der Waals surface area contributed by atoms with Gasteiger partial charge in [-0.05, 0) is 50.6 Å². The molecule has 122 valence electrons. The molecule has 3 heteroatoms. The van der Waals surface area contributed by atoms with Gasteiger partial charge in [0.2, 0.25) is 0 Å². The van der Waals surface area contributed by atoms with E-state index in [1.807, 2.05) is 0 Å². The number of piperazine rings is 1. The average molecular weight is 293 g/mol. The second-order valence-corrected chi connectivity index (χ2v) is 8.28. The molecule has 0 amide bonds. The van der Waals surface area contributed by atoms with Gasteiger partial charge in [-0.25, -0.2) is 0 Å². The molecule has 0 saturated carbocycles. The first-order valence-electron chi connectivity index (χ1n) is 9.29. The molecule has 1 N–H and O–H groups in total. The average Bonchev–Trinajstić information content (AvgIpc) is 2.93. The van der Waals surface area contributed by atoms with Crippen LogP contribution in [0.4, 0.5) is 0 Å². The van der Waals surface area contributed by atoms with E-state index in [1.54, 1.807) is 0 Å². The Morgan fingerprint density at radius 1 is 0.952 bits per heavy atom. The zero-order valence-corrected chi connectivity index (χ0v) is 14.5. The quantitative estimate of drug-likeness (QED) is 0.863. The Hall–Kier alpha value is -0.120. The van der Waals surface area contributed by atoms with Crippen LogP contribution in [0, 0.1) is 11.8 Å². The van der Waals surface area contributed by atoms with Gasteiger partial charge < -0.3 is 10.2 Å². The van der Waals surface area contributed by atoms with Crippen LogP contribution < -0.4 is 5.32 Å². The van der Waals surface area contributed by atoms with Crippen molar-refractivity contribution in [1.82, 2.24) is 15.1 Å². The second kappa shape index (κ2) is 6.55. The lowest BCUT2D eigenvalue weighted by Crippen LogP contribution is -2.63. The van der Waals surface area contributed by atoms with Gasteiger partial charge in [0, 0.05) is 37.3 Å². The minimum Gasteiger partial charge on any atom is -0.311 e. The largest absolute Gasteiger partial charge is 0.311 e. The van der Waals surface area contributed by atoms with Crippen LogP contribution in [0.3, 0.4) is 0 Å². The molecule has 0 aromatic carbocycles. The predicted octanol–water partition coefficient (Wildman–Crippen LogP) is 2.57. The van der Waals surface area contributed by atoms with Crippen molar-refractivity contribution < 1.29 is 0 Å². The van der Waals surface area contributed by atoms with Crippen LogP contribution in [0.1, 0.15) is 53.4 Å². The third kappa shape index (κ3) is 3.30. The fraction of sp³-hybridized carbons (Fsp3) is 1.00. The standard InChI is InChI=1S/C18H35N3/c1-13(2)17-12-21(18(11-19-17)14(3)4)16-7-9-20-8-5-6-15(20)10-16/h13-19H,5-12H2,1-4H3. The Balaban J connectivity index is 1.69. The molecule has 0 bridgehead atoms. The van der Waals surface area contributed by atoms with Gasteiger partial charge >= 0.3 is 0 Å². The van der Waals surface area contributed by atoms with Crippen molar-refractivity contribution in [1.29, 1.82) is 0 Å². The minimum atomic E-state index is 0.682. The Kier molecular flexibility index (Phi) is 4.92. The molecule has 0 aromatic heterocycles. The zero-order chi connectivity index (χ0) is 15.0. The summed E-state index contributed by atoms with van der Waals surface area (Å²) in [6, 6.07) is 3.14. The van der Waals surface area contributed by atoms with E-state index in [0.29, 0.717) is 6.04 Å². The van der Waals surface area contributed by atoms with E-state index in [-0.39, 0.29) is 0 Å². The van der Waals surface area contributed by atoms with Gasteiger partial charge in [0.05, 0.1) is 0 Å². The Morgan fingerprint density at radius 2 is 1.76 bits per heavy atom. The van der Waals surface area contributed by atoms with Crippen molar-refractivity contribution in [3.8, 4) is 0 Å². The number of nitrogens with one attached hydrogen (secondary N) is 1. The van der Waals surface area contributed by atoms with Crippen molar-refractivity contribution in [3.05, 3.63) is 0 Å². The van der Waals surface area contributed by atoms with Gasteiger partial charge in [-0.15, -0.1) is 0 Å². The molecule has 21 heavy (non-hydrogen) atoms. The van der Waals surface area contributed by atoms with Crippen LogP contribution in [0.5, 0.6) is 0 Å². The monoisotopic (exact) mass is 293 g/mol. The van der Waals surface area contributed by atoms with Crippen LogP contribution in [-0.2, 0) is 0 Å². The molecule has 3 nitrogen and oxygen atoms in total. The summed E-state index contributed by atoms with van der Waals surface area (Å²) in [7, 11) is 0. The van der Waals surface area contributed by atoms with Gasteiger partial charge in [-0.2, -0.15) is 0 Å². The summed E-state index contributed by atoms with van der Waals surface area (Å²) >= 11 is 0. The van der Waals surface area contributed by atoms with Crippen molar-refractivity contribution in [2.75, 3.05) is 26.2 Å². The van der Waals surface area contributed by atoms with Crippen molar-refractivity contribution in [2.45, 2.75) is 77.5 Å². The molecule has 3 heterocycles. The van der Waals surface area contributed by atoms with E-state index in [4.69, 9.17) is 0 Å². The molecule has 3 fully saturated rings. The second-order valence-electron chi connectivity index (χ2n) is 8.28. The molecule has 3 rings (SSSR count). The molecule has 3 aliphatic heterocycles. The summed E-state index contributed by atoms with van der Waals surface area (Å²) in [5.41, 5.74) is 0. The summed E-state index contributed by atoms with van der Waals surface area (Å²) < 4.78 is 0. The summed E-state index contributed by atoms with van der Waals surface area (Å²) in [6.45, 7) is 14.7. The van der Waals surface area contributed by atoms with Gasteiger partial charge in [0.15, 0.2) is 0 Å². The third-order valence-corrected chi connectivity index (χ3v) is 6.26. The summed E-state index contributed by atoms with van der Waals surface area (Å²) in [5, 5.41) is 3.81.